The number of rotatable bonds is 5. The zero-order chi connectivity index (χ0) is 21.3. The molecule has 0 unspecified atom stereocenters. The van der Waals surface area contributed by atoms with Gasteiger partial charge in [-0.2, -0.15) is 0 Å². The molecule has 0 aliphatic carbocycles. The number of hydrogen-bond donors (Lipinski definition) is 1. The van der Waals surface area contributed by atoms with Crippen molar-refractivity contribution in [3.8, 4) is 0 Å². The van der Waals surface area contributed by atoms with Crippen LogP contribution in [0.1, 0.15) is 28.8 Å². The number of carbonyl (C=O) groups is 2. The quantitative estimate of drug-likeness (QED) is 0.686. The second-order valence-corrected chi connectivity index (χ2v) is 8.67. The number of hydrogen-bond acceptors (Lipinski definition) is 4. The highest BCUT2D eigenvalue weighted by atomic mass is 79.9. The monoisotopic (exact) mass is 476 g/mol. The topological polar surface area (TPSA) is 70.1 Å². The predicted molar refractivity (Wildman–Crippen MR) is 113 cm³/mol. The molecule has 0 aromatic heterocycles. The number of carboxylic acid groups (broad SMARTS) is 1. The number of ether oxygens (including phenoxy) is 1. The van der Waals surface area contributed by atoms with Crippen LogP contribution in [0.25, 0.3) is 0 Å². The van der Waals surface area contributed by atoms with Crippen LogP contribution in [0.5, 0.6) is 0 Å². The van der Waals surface area contributed by atoms with E-state index >= 15 is 0 Å². The van der Waals surface area contributed by atoms with Crippen molar-refractivity contribution in [3.05, 3.63) is 63.9 Å². The molecule has 0 spiro atoms. The van der Waals surface area contributed by atoms with Crippen LogP contribution in [-0.4, -0.2) is 47.8 Å². The van der Waals surface area contributed by atoms with Gasteiger partial charge in [-0.3, -0.25) is 9.80 Å². The smallest absolute Gasteiger partial charge is 0.415 e. The number of piperidine rings is 3. The summed E-state index contributed by atoms with van der Waals surface area (Å²) in [6.45, 7) is 2.72. The summed E-state index contributed by atoms with van der Waals surface area (Å²) < 4.78 is 21.0. The summed E-state index contributed by atoms with van der Waals surface area (Å²) >= 11 is 3.30. The Balaban J connectivity index is 1.61. The Morgan fingerprint density at radius 3 is 2.57 bits per heavy atom. The van der Waals surface area contributed by atoms with Gasteiger partial charge >= 0.3 is 12.1 Å². The molecule has 2 aromatic carbocycles. The average molecular weight is 477 g/mol. The molecule has 6 nitrogen and oxygen atoms in total. The molecule has 3 aliphatic rings. The van der Waals surface area contributed by atoms with Crippen LogP contribution in [0.4, 0.5) is 14.9 Å². The number of benzene rings is 2. The maximum atomic E-state index is 14.6. The lowest BCUT2D eigenvalue weighted by Crippen LogP contribution is -2.53. The maximum absolute atomic E-state index is 14.6. The van der Waals surface area contributed by atoms with Crippen molar-refractivity contribution < 1.29 is 23.8 Å². The van der Waals surface area contributed by atoms with Crippen LogP contribution >= 0.6 is 15.9 Å². The molecule has 1 N–H and O–H groups in total. The van der Waals surface area contributed by atoms with Crippen LogP contribution in [0.3, 0.4) is 0 Å². The highest BCUT2D eigenvalue weighted by Crippen LogP contribution is 2.31. The van der Waals surface area contributed by atoms with Crippen molar-refractivity contribution in [3.63, 3.8) is 0 Å². The Labute approximate surface area is 182 Å². The fourth-order valence-electron chi connectivity index (χ4n) is 4.20. The number of aromatic carboxylic acids is 1. The number of nitrogens with zero attached hydrogens (tertiary/aromatic N) is 2. The highest BCUT2D eigenvalue weighted by Gasteiger charge is 2.37. The van der Waals surface area contributed by atoms with Crippen LogP contribution < -0.4 is 4.90 Å². The molecule has 3 aliphatic heterocycles. The summed E-state index contributed by atoms with van der Waals surface area (Å²) in [5.41, 5.74) is 0.732. The van der Waals surface area contributed by atoms with Gasteiger partial charge in [0.05, 0.1) is 17.8 Å². The summed E-state index contributed by atoms with van der Waals surface area (Å²) in [4.78, 5) is 28.0. The third-order valence-corrected chi connectivity index (χ3v) is 6.22. The van der Waals surface area contributed by atoms with Crippen molar-refractivity contribution in [1.82, 2.24) is 4.90 Å². The normalized spacial score (nSPS) is 22.5. The Morgan fingerprint density at radius 1 is 1.20 bits per heavy atom. The minimum Gasteiger partial charge on any atom is -0.478 e. The van der Waals surface area contributed by atoms with E-state index in [4.69, 9.17) is 4.74 Å². The first-order valence-corrected chi connectivity index (χ1v) is 10.7. The number of amides is 1. The second-order valence-electron chi connectivity index (χ2n) is 7.75. The summed E-state index contributed by atoms with van der Waals surface area (Å²) in [7, 11) is 0. The number of halogens is 2. The van der Waals surface area contributed by atoms with E-state index in [9.17, 15) is 19.1 Å². The Kier molecular flexibility index (Phi) is 6.06. The van der Waals surface area contributed by atoms with Gasteiger partial charge in [0.1, 0.15) is 11.9 Å². The van der Waals surface area contributed by atoms with E-state index < -0.39 is 17.9 Å². The molecule has 3 fully saturated rings. The van der Waals surface area contributed by atoms with Crippen LogP contribution in [0.15, 0.2) is 46.9 Å². The largest absolute Gasteiger partial charge is 0.478 e. The van der Waals surface area contributed by atoms with Crippen LogP contribution in [0, 0.1) is 11.7 Å². The number of carbonyl (C=O) groups excluding carboxylic acids is 1. The van der Waals surface area contributed by atoms with Crippen molar-refractivity contribution in [2.75, 3.05) is 24.5 Å². The molecule has 0 saturated carbocycles. The summed E-state index contributed by atoms with van der Waals surface area (Å²) in [5, 5.41) is 9.32. The van der Waals surface area contributed by atoms with Crippen molar-refractivity contribution in [2.24, 2.45) is 5.92 Å². The van der Waals surface area contributed by atoms with E-state index in [2.05, 4.69) is 20.8 Å². The summed E-state index contributed by atoms with van der Waals surface area (Å²) in [6, 6.07) is 10.7. The van der Waals surface area contributed by atoms with Gasteiger partial charge in [0.15, 0.2) is 0 Å². The Hall–Kier alpha value is -2.45. The van der Waals surface area contributed by atoms with Gasteiger partial charge in [-0.25, -0.2) is 14.0 Å². The number of carboxylic acids is 1. The lowest BCUT2D eigenvalue weighted by atomic mass is 9.86. The molecule has 1 amide bonds. The summed E-state index contributed by atoms with van der Waals surface area (Å²) in [5.74, 6) is -1.30. The third-order valence-electron chi connectivity index (χ3n) is 5.76. The van der Waals surface area contributed by atoms with Gasteiger partial charge < -0.3 is 9.84 Å². The molecular formula is C22H22BrFN2O4. The van der Waals surface area contributed by atoms with Crippen LogP contribution in [-0.2, 0) is 11.3 Å². The molecule has 30 heavy (non-hydrogen) atoms. The average Bonchev–Trinajstić information content (AvgIpc) is 2.73. The van der Waals surface area contributed by atoms with Gasteiger partial charge in [0.25, 0.3) is 0 Å². The van der Waals surface area contributed by atoms with E-state index in [0.29, 0.717) is 22.5 Å². The van der Waals surface area contributed by atoms with E-state index in [1.165, 1.54) is 29.2 Å². The first kappa shape index (κ1) is 20.8. The van der Waals surface area contributed by atoms with Crippen LogP contribution in [0.2, 0.25) is 0 Å². The lowest BCUT2D eigenvalue weighted by Gasteiger charge is -2.44. The molecular weight excluding hydrogens is 455 g/mol. The van der Waals surface area contributed by atoms with E-state index in [-0.39, 0.29) is 23.9 Å². The highest BCUT2D eigenvalue weighted by molar-refractivity contribution is 9.10. The molecule has 2 aromatic rings. The third kappa shape index (κ3) is 4.49. The minimum atomic E-state index is -1.08. The van der Waals surface area contributed by atoms with Crippen molar-refractivity contribution >= 4 is 33.7 Å². The molecule has 8 heteroatoms. The first-order chi connectivity index (χ1) is 14.4. The number of fused-ring (bicyclic) bond motifs is 3. The molecule has 3 saturated heterocycles. The van der Waals surface area contributed by atoms with E-state index in [0.717, 1.165) is 25.9 Å². The first-order valence-electron chi connectivity index (χ1n) is 9.88. The number of para-hydroxylation sites is 1. The SMILES string of the molecule is O=C(O)c1cc(Br)cc(CN(C(=O)O[C@H]2CN3CCC2CC3)c2ccccc2F)c1. The molecule has 5 rings (SSSR count). The van der Waals surface area contributed by atoms with Gasteiger partial charge in [0.2, 0.25) is 0 Å². The minimum absolute atomic E-state index is 0.0133. The fourth-order valence-corrected chi connectivity index (χ4v) is 4.74. The standard InChI is InChI=1S/C22H22BrFN2O4/c23-17-10-14(9-16(11-17)21(27)28)12-26(19-4-2-1-3-18(19)24)22(29)30-20-13-25-7-5-15(20)6-8-25/h1-4,9-11,15,20H,5-8,12-13H2,(H,27,28)/t20-/m0/s1. The van der Waals surface area contributed by atoms with Gasteiger partial charge in [-0.05, 0) is 67.7 Å². The lowest BCUT2D eigenvalue weighted by molar-refractivity contribution is -0.0311. The maximum Gasteiger partial charge on any atom is 0.415 e. The zero-order valence-electron chi connectivity index (χ0n) is 16.3. The van der Waals surface area contributed by atoms with E-state index in [1.54, 1.807) is 18.2 Å². The van der Waals surface area contributed by atoms with E-state index in [1.807, 2.05) is 0 Å². The molecule has 0 radical (unpaired) electrons. The molecule has 3 heterocycles. The number of anilines is 1. The molecule has 158 valence electrons. The Bertz CT molecular complexity index is 962. The van der Waals surface area contributed by atoms with Gasteiger partial charge in [-0.15, -0.1) is 0 Å². The van der Waals surface area contributed by atoms with Gasteiger partial charge in [0, 0.05) is 11.0 Å². The Morgan fingerprint density at radius 2 is 1.93 bits per heavy atom. The zero-order valence-corrected chi connectivity index (χ0v) is 17.8. The summed E-state index contributed by atoms with van der Waals surface area (Å²) in [6.07, 6.45) is 1.14. The molecule has 1 atom stereocenters. The second kappa shape index (κ2) is 8.73. The fraction of sp³-hybridized carbons (Fsp3) is 0.364. The van der Waals surface area contributed by atoms with Crippen molar-refractivity contribution in [1.29, 1.82) is 0 Å². The van der Waals surface area contributed by atoms with Crippen molar-refractivity contribution in [2.45, 2.75) is 25.5 Å². The predicted octanol–water partition coefficient (Wildman–Crippen LogP) is 4.52. The van der Waals surface area contributed by atoms with Gasteiger partial charge in [-0.1, -0.05) is 28.1 Å². The molecule has 2 bridgehead atoms.